The van der Waals surface area contributed by atoms with Crippen LogP contribution in [-0.2, 0) is 11.8 Å². The zero-order chi connectivity index (χ0) is 27.7. The summed E-state index contributed by atoms with van der Waals surface area (Å²) in [6.07, 6.45) is 0. The molecule has 1 aliphatic heterocycles. The Bertz CT molecular complexity index is 1990. The van der Waals surface area contributed by atoms with Crippen LogP contribution in [0, 0.1) is 6.92 Å². The second kappa shape index (κ2) is 8.78. The molecule has 0 spiro atoms. The van der Waals surface area contributed by atoms with Crippen molar-refractivity contribution in [3.63, 3.8) is 0 Å². The predicted octanol–water partition coefficient (Wildman–Crippen LogP) is 6.68. The number of rotatable bonds is 3. The lowest BCUT2D eigenvalue weighted by molar-refractivity contribution is -0.401. The van der Waals surface area contributed by atoms with Crippen LogP contribution < -0.4 is 5.11 Å². The molecule has 0 amide bonds. The van der Waals surface area contributed by atoms with Crippen LogP contribution in [0.3, 0.4) is 0 Å². The molecule has 40 heavy (non-hydrogen) atoms. The van der Waals surface area contributed by atoms with Gasteiger partial charge in [0.2, 0.25) is 5.69 Å². The highest BCUT2D eigenvalue weighted by molar-refractivity contribution is 6.47. The van der Waals surface area contributed by atoms with E-state index in [1.165, 1.54) is 0 Å². The van der Waals surface area contributed by atoms with Gasteiger partial charge in [0.05, 0.1) is 11.1 Å². The maximum Gasteiger partial charge on any atom is 0.213 e. The number of aryl methyl sites for hydroxylation is 1. The average Bonchev–Trinajstić information content (AvgIpc) is 3.38. The fraction of sp³-hybridized carbons (Fsp3) is 0.111. The molecule has 0 atom stereocenters. The molecule has 194 valence electrons. The van der Waals surface area contributed by atoms with Crippen LogP contribution >= 0.6 is 0 Å². The van der Waals surface area contributed by atoms with E-state index in [0.29, 0.717) is 11.1 Å². The number of allylic oxidation sites excluding steroid dienone is 3. The van der Waals surface area contributed by atoms with Crippen molar-refractivity contribution < 1.29 is 14.5 Å². The molecule has 4 heteroatoms. The summed E-state index contributed by atoms with van der Waals surface area (Å²) in [5.74, 6) is -0.349. The number of benzene rings is 4. The number of carbonyl (C=O) groups is 1. The van der Waals surface area contributed by atoms with E-state index in [4.69, 9.17) is 0 Å². The lowest BCUT2D eigenvalue weighted by Crippen LogP contribution is -2.31. The minimum absolute atomic E-state index is 0.175. The van der Waals surface area contributed by atoms with Crippen molar-refractivity contribution in [1.29, 1.82) is 0 Å². The Kier molecular flexibility index (Phi) is 5.29. The van der Waals surface area contributed by atoms with E-state index >= 15 is 0 Å². The second-order valence-electron chi connectivity index (χ2n) is 10.6. The number of nitrogens with zero attached hydrogens (tertiary/aromatic N) is 2. The van der Waals surface area contributed by atoms with Crippen molar-refractivity contribution in [1.82, 2.24) is 4.57 Å². The molecular weight excluding hydrogens is 492 g/mol. The van der Waals surface area contributed by atoms with Crippen molar-refractivity contribution >= 4 is 39.2 Å². The number of ketones is 1. The highest BCUT2D eigenvalue weighted by Crippen LogP contribution is 2.47. The van der Waals surface area contributed by atoms with E-state index < -0.39 is 0 Å². The molecule has 1 aliphatic carbocycles. The van der Waals surface area contributed by atoms with E-state index in [1.54, 1.807) is 0 Å². The molecule has 5 aromatic rings. The first-order chi connectivity index (χ1) is 19.4. The predicted molar refractivity (Wildman–Crippen MR) is 160 cm³/mol. The van der Waals surface area contributed by atoms with Gasteiger partial charge < -0.3 is 9.67 Å². The summed E-state index contributed by atoms with van der Waals surface area (Å²) < 4.78 is 4.14. The summed E-state index contributed by atoms with van der Waals surface area (Å²) >= 11 is 0. The third kappa shape index (κ3) is 3.32. The van der Waals surface area contributed by atoms with Gasteiger partial charge in [-0.3, -0.25) is 4.79 Å². The Morgan fingerprint density at radius 1 is 0.700 bits per heavy atom. The van der Waals surface area contributed by atoms with E-state index in [2.05, 4.69) is 69.8 Å². The van der Waals surface area contributed by atoms with Gasteiger partial charge in [0.15, 0.2) is 11.5 Å². The maximum atomic E-state index is 14.0. The zero-order valence-corrected chi connectivity index (χ0v) is 22.9. The summed E-state index contributed by atoms with van der Waals surface area (Å²) in [5, 5.41) is 14.9. The molecule has 4 nitrogen and oxygen atoms in total. The highest BCUT2D eigenvalue weighted by atomic mass is 16.3. The largest absolute Gasteiger partial charge is 0.871 e. The minimum Gasteiger partial charge on any atom is -0.871 e. The van der Waals surface area contributed by atoms with E-state index in [9.17, 15) is 9.90 Å². The van der Waals surface area contributed by atoms with Gasteiger partial charge in [-0.15, -0.1) is 0 Å². The quantitative estimate of drug-likeness (QED) is 0.197. The number of Topliss-reactive ketones (excluding diaryl/α,β-unsaturated/α-hetero) is 1. The van der Waals surface area contributed by atoms with E-state index in [1.807, 2.05) is 64.3 Å². The number of aromatic nitrogens is 1. The summed E-state index contributed by atoms with van der Waals surface area (Å²) in [7, 11) is 3.98. The molecule has 0 fully saturated rings. The van der Waals surface area contributed by atoms with Gasteiger partial charge in [-0.2, -0.15) is 4.58 Å². The smallest absolute Gasteiger partial charge is 0.213 e. The molecule has 0 bridgehead atoms. The molecule has 0 saturated heterocycles. The number of carbonyl (C=O) groups excluding carboxylic acids is 1. The van der Waals surface area contributed by atoms with Crippen molar-refractivity contribution in [2.45, 2.75) is 13.8 Å². The maximum absolute atomic E-state index is 14.0. The summed E-state index contributed by atoms with van der Waals surface area (Å²) in [5.41, 5.74) is 11.1. The first-order valence-corrected chi connectivity index (χ1v) is 13.5. The molecule has 2 aliphatic rings. The highest BCUT2D eigenvalue weighted by Gasteiger charge is 2.40. The fourth-order valence-corrected chi connectivity index (χ4v) is 6.24. The van der Waals surface area contributed by atoms with Crippen LogP contribution in [0.25, 0.3) is 44.3 Å². The van der Waals surface area contributed by atoms with Gasteiger partial charge in [0.25, 0.3) is 0 Å². The third-order valence-corrected chi connectivity index (χ3v) is 8.61. The van der Waals surface area contributed by atoms with Crippen molar-refractivity contribution in [3.8, 4) is 22.3 Å². The van der Waals surface area contributed by atoms with Gasteiger partial charge in [-0.1, -0.05) is 72.5 Å². The first kappa shape index (κ1) is 24.1. The lowest BCUT2D eigenvalue weighted by Gasteiger charge is -2.32. The van der Waals surface area contributed by atoms with Crippen LogP contribution in [-0.4, -0.2) is 27.7 Å². The molecule has 0 saturated carbocycles. The molecule has 0 unspecified atom stereocenters. The van der Waals surface area contributed by atoms with Crippen molar-refractivity contribution in [3.05, 3.63) is 125 Å². The summed E-state index contributed by atoms with van der Waals surface area (Å²) in [6.45, 7) is 3.97. The molecule has 4 aromatic carbocycles. The molecule has 1 aromatic heterocycles. The van der Waals surface area contributed by atoms with Gasteiger partial charge in [0.1, 0.15) is 7.05 Å². The topological polar surface area (TPSA) is 48.1 Å². The molecular formula is C36H28N2O2. The van der Waals surface area contributed by atoms with Crippen LogP contribution in [0.4, 0.5) is 5.69 Å². The monoisotopic (exact) mass is 520 g/mol. The van der Waals surface area contributed by atoms with E-state index in [0.717, 1.165) is 66.9 Å². The van der Waals surface area contributed by atoms with E-state index in [-0.39, 0.29) is 11.5 Å². The van der Waals surface area contributed by atoms with Crippen LogP contribution in [0.5, 0.6) is 0 Å². The van der Waals surface area contributed by atoms with Gasteiger partial charge >= 0.3 is 0 Å². The van der Waals surface area contributed by atoms with Crippen LogP contribution in [0.1, 0.15) is 23.7 Å². The first-order valence-electron chi connectivity index (χ1n) is 13.5. The minimum atomic E-state index is -0.175. The van der Waals surface area contributed by atoms with Gasteiger partial charge in [-0.25, -0.2) is 0 Å². The Morgan fingerprint density at radius 3 is 1.93 bits per heavy atom. The summed E-state index contributed by atoms with van der Waals surface area (Å²) in [6, 6.07) is 32.9. The van der Waals surface area contributed by atoms with Crippen LogP contribution in [0.2, 0.25) is 0 Å². The fourth-order valence-electron chi connectivity index (χ4n) is 6.24. The SMILES string of the molecule is CC1=[N+](C)c2ccc(-c3ccccc3)cc2/C1=C1\C(=O)C(c2c(C)n(C)c3ccc(-c4ccccc4)cc23)=C1[O-]. The third-order valence-electron chi connectivity index (χ3n) is 8.61. The molecule has 2 heterocycles. The summed E-state index contributed by atoms with van der Waals surface area (Å²) in [4.78, 5) is 14.0. The van der Waals surface area contributed by atoms with Gasteiger partial charge in [-0.05, 0) is 53.4 Å². The zero-order valence-electron chi connectivity index (χ0n) is 22.9. The van der Waals surface area contributed by atoms with Crippen molar-refractivity contribution in [2.75, 3.05) is 7.05 Å². The molecule has 0 N–H and O–H groups in total. The Morgan fingerprint density at radius 2 is 1.30 bits per heavy atom. The normalized spacial score (nSPS) is 16.6. The lowest BCUT2D eigenvalue weighted by atomic mass is 9.77. The molecule has 7 rings (SSSR count). The van der Waals surface area contributed by atoms with Crippen molar-refractivity contribution in [2.24, 2.45) is 7.05 Å². The Hall–Kier alpha value is -4.96. The number of hydrogen-bond acceptors (Lipinski definition) is 2. The van der Waals surface area contributed by atoms with Crippen LogP contribution in [0.15, 0.2) is 108 Å². The molecule has 0 radical (unpaired) electrons. The average molecular weight is 521 g/mol. The Balaban J connectivity index is 1.42. The van der Waals surface area contributed by atoms with Gasteiger partial charge in [0, 0.05) is 53.3 Å². The number of fused-ring (bicyclic) bond motifs is 2. The number of hydrogen-bond donors (Lipinski definition) is 0. The second-order valence-corrected chi connectivity index (χ2v) is 10.6. The Labute approximate surface area is 233 Å². The standard InChI is InChI=1S/C36H28N2O2/c1-21-31(27-19-25(15-17-29(27)37(21)3)23-11-7-5-8-12-23)33-35(39)34(36(33)40)32-22(2)38(4)30-18-16-26(20-28(30)32)24-13-9-6-10-14-24/h5-20H,1-4H3.